The van der Waals surface area contributed by atoms with Crippen molar-refractivity contribution in [2.45, 2.75) is 26.7 Å². The maximum Gasteiger partial charge on any atom is 0.119 e. The minimum absolute atomic E-state index is 0.320. The molecule has 3 nitrogen and oxygen atoms in total. The second-order valence-corrected chi connectivity index (χ2v) is 4.78. The van der Waals surface area contributed by atoms with Gasteiger partial charge in [-0.15, -0.1) is 0 Å². The zero-order chi connectivity index (χ0) is 12.7. The van der Waals surface area contributed by atoms with Crippen LogP contribution in [0.3, 0.4) is 0 Å². The van der Waals surface area contributed by atoms with E-state index in [-0.39, 0.29) is 5.41 Å². The standard InChI is InChI=1S/C14H20N2O/c1-14(2,11-16)8-10-17-13-5-3-12(4-6-13)7-9-15/h3-6H,7-10,15H2,1-2H3. The largest absolute Gasteiger partial charge is 0.494 e. The Morgan fingerprint density at radius 2 is 1.94 bits per heavy atom. The Hall–Kier alpha value is -1.53. The monoisotopic (exact) mass is 232 g/mol. The zero-order valence-electron chi connectivity index (χ0n) is 10.6. The van der Waals surface area contributed by atoms with Crippen LogP contribution in [0.5, 0.6) is 5.75 Å². The van der Waals surface area contributed by atoms with E-state index in [0.29, 0.717) is 13.2 Å². The number of rotatable bonds is 6. The summed E-state index contributed by atoms with van der Waals surface area (Å²) in [5, 5.41) is 8.87. The molecule has 0 saturated heterocycles. The van der Waals surface area contributed by atoms with Gasteiger partial charge in [-0.25, -0.2) is 0 Å². The van der Waals surface area contributed by atoms with Gasteiger partial charge < -0.3 is 10.5 Å². The summed E-state index contributed by atoms with van der Waals surface area (Å²) in [5.74, 6) is 0.847. The normalized spacial score (nSPS) is 10.9. The van der Waals surface area contributed by atoms with Crippen molar-refractivity contribution in [1.82, 2.24) is 0 Å². The van der Waals surface area contributed by atoms with Gasteiger partial charge in [0.15, 0.2) is 0 Å². The number of benzene rings is 1. The summed E-state index contributed by atoms with van der Waals surface area (Å²) in [6, 6.07) is 10.2. The van der Waals surface area contributed by atoms with Crippen molar-refractivity contribution in [3.8, 4) is 11.8 Å². The van der Waals surface area contributed by atoms with Crippen LogP contribution in [0.2, 0.25) is 0 Å². The Kier molecular flexibility index (Phi) is 4.99. The van der Waals surface area contributed by atoms with Crippen LogP contribution in [0, 0.1) is 16.7 Å². The van der Waals surface area contributed by atoms with Gasteiger partial charge in [-0.2, -0.15) is 5.26 Å². The van der Waals surface area contributed by atoms with Crippen LogP contribution in [0.15, 0.2) is 24.3 Å². The Morgan fingerprint density at radius 1 is 1.29 bits per heavy atom. The number of nitriles is 1. The Morgan fingerprint density at radius 3 is 2.47 bits per heavy atom. The molecule has 0 amide bonds. The van der Waals surface area contributed by atoms with Crippen LogP contribution in [0.1, 0.15) is 25.8 Å². The van der Waals surface area contributed by atoms with Crippen LogP contribution in [-0.2, 0) is 6.42 Å². The molecule has 92 valence electrons. The summed E-state index contributed by atoms with van der Waals surface area (Å²) >= 11 is 0. The molecule has 0 saturated carbocycles. The molecule has 1 aromatic carbocycles. The average Bonchev–Trinajstić information content (AvgIpc) is 2.32. The number of ether oxygens (including phenoxy) is 1. The smallest absolute Gasteiger partial charge is 0.119 e. The lowest BCUT2D eigenvalue weighted by molar-refractivity contribution is 0.264. The molecule has 0 heterocycles. The quantitative estimate of drug-likeness (QED) is 0.819. The van der Waals surface area contributed by atoms with E-state index >= 15 is 0 Å². The molecule has 0 fully saturated rings. The van der Waals surface area contributed by atoms with Gasteiger partial charge >= 0.3 is 0 Å². The molecule has 17 heavy (non-hydrogen) atoms. The second-order valence-electron chi connectivity index (χ2n) is 4.78. The van der Waals surface area contributed by atoms with Crippen LogP contribution < -0.4 is 10.5 Å². The van der Waals surface area contributed by atoms with Crippen LogP contribution >= 0.6 is 0 Å². The number of nitrogens with zero attached hydrogens (tertiary/aromatic N) is 1. The topological polar surface area (TPSA) is 59.0 Å². The van der Waals surface area contributed by atoms with E-state index in [9.17, 15) is 0 Å². The van der Waals surface area contributed by atoms with Crippen LogP contribution in [0.4, 0.5) is 0 Å². The third-order valence-corrected chi connectivity index (χ3v) is 2.65. The molecule has 2 N–H and O–H groups in total. The van der Waals surface area contributed by atoms with Crippen molar-refractivity contribution < 1.29 is 4.74 Å². The lowest BCUT2D eigenvalue weighted by Crippen LogP contribution is -2.13. The van der Waals surface area contributed by atoms with Gasteiger partial charge in [0, 0.05) is 0 Å². The van der Waals surface area contributed by atoms with E-state index in [0.717, 1.165) is 18.6 Å². The fourth-order valence-corrected chi connectivity index (χ4v) is 1.40. The minimum Gasteiger partial charge on any atom is -0.494 e. The summed E-state index contributed by atoms with van der Waals surface area (Å²) < 4.78 is 5.59. The maximum atomic E-state index is 8.87. The second kappa shape index (κ2) is 6.27. The molecule has 0 bridgehead atoms. The Balaban J connectivity index is 2.40. The fourth-order valence-electron chi connectivity index (χ4n) is 1.40. The first-order valence-corrected chi connectivity index (χ1v) is 5.90. The predicted octanol–water partition coefficient (Wildman–Crippen LogP) is 2.51. The van der Waals surface area contributed by atoms with Gasteiger partial charge in [0.05, 0.1) is 18.1 Å². The molecular formula is C14H20N2O. The molecule has 0 aliphatic heterocycles. The van der Waals surface area contributed by atoms with Crippen LogP contribution in [-0.4, -0.2) is 13.2 Å². The number of hydrogen-bond donors (Lipinski definition) is 1. The molecule has 0 spiro atoms. The molecule has 0 aromatic heterocycles. The van der Waals surface area contributed by atoms with Crippen molar-refractivity contribution in [3.63, 3.8) is 0 Å². The van der Waals surface area contributed by atoms with Crippen molar-refractivity contribution in [3.05, 3.63) is 29.8 Å². The van der Waals surface area contributed by atoms with Gasteiger partial charge in [-0.3, -0.25) is 0 Å². The molecule has 3 heteroatoms. The van der Waals surface area contributed by atoms with Crippen molar-refractivity contribution in [2.24, 2.45) is 11.1 Å². The summed E-state index contributed by atoms with van der Waals surface area (Å²) in [4.78, 5) is 0. The molecule has 0 atom stereocenters. The highest BCUT2D eigenvalue weighted by Crippen LogP contribution is 2.19. The van der Waals surface area contributed by atoms with Gasteiger partial charge in [-0.1, -0.05) is 12.1 Å². The van der Waals surface area contributed by atoms with Gasteiger partial charge in [0.2, 0.25) is 0 Å². The first-order valence-electron chi connectivity index (χ1n) is 5.90. The summed E-state index contributed by atoms with van der Waals surface area (Å²) in [6.07, 6.45) is 1.62. The fraction of sp³-hybridized carbons (Fsp3) is 0.500. The first kappa shape index (κ1) is 13.5. The molecule has 0 radical (unpaired) electrons. The van der Waals surface area contributed by atoms with Crippen molar-refractivity contribution in [1.29, 1.82) is 5.26 Å². The van der Waals surface area contributed by atoms with E-state index < -0.39 is 0 Å². The van der Waals surface area contributed by atoms with E-state index in [2.05, 4.69) is 6.07 Å². The molecular weight excluding hydrogens is 212 g/mol. The highest BCUT2D eigenvalue weighted by Gasteiger charge is 2.16. The highest BCUT2D eigenvalue weighted by molar-refractivity contribution is 5.27. The SMILES string of the molecule is CC(C)(C#N)CCOc1ccc(CCN)cc1. The third-order valence-electron chi connectivity index (χ3n) is 2.65. The minimum atomic E-state index is -0.320. The predicted molar refractivity (Wildman–Crippen MR) is 68.7 cm³/mol. The van der Waals surface area contributed by atoms with E-state index in [1.54, 1.807) is 0 Å². The van der Waals surface area contributed by atoms with Crippen molar-refractivity contribution >= 4 is 0 Å². The Bertz CT molecular complexity index is 376. The zero-order valence-corrected chi connectivity index (χ0v) is 10.6. The lowest BCUT2D eigenvalue weighted by atomic mass is 9.92. The lowest BCUT2D eigenvalue weighted by Gasteiger charge is -2.15. The van der Waals surface area contributed by atoms with Crippen LogP contribution in [0.25, 0.3) is 0 Å². The molecule has 0 unspecified atom stereocenters. The Labute approximate surface area is 103 Å². The van der Waals surface area contributed by atoms with E-state index in [4.69, 9.17) is 15.7 Å². The van der Waals surface area contributed by atoms with Gasteiger partial charge in [0.1, 0.15) is 5.75 Å². The third kappa shape index (κ3) is 4.88. The number of nitrogens with two attached hydrogens (primary N) is 1. The maximum absolute atomic E-state index is 8.87. The average molecular weight is 232 g/mol. The van der Waals surface area contributed by atoms with E-state index in [1.807, 2.05) is 38.1 Å². The molecule has 0 aliphatic carbocycles. The molecule has 1 rings (SSSR count). The highest BCUT2D eigenvalue weighted by atomic mass is 16.5. The summed E-state index contributed by atoms with van der Waals surface area (Å²) in [7, 11) is 0. The van der Waals surface area contributed by atoms with E-state index in [1.165, 1.54) is 5.56 Å². The molecule has 0 aliphatic rings. The number of hydrogen-bond acceptors (Lipinski definition) is 3. The molecule has 1 aromatic rings. The van der Waals surface area contributed by atoms with Gasteiger partial charge in [0.25, 0.3) is 0 Å². The van der Waals surface area contributed by atoms with Gasteiger partial charge in [-0.05, 0) is 50.9 Å². The first-order chi connectivity index (χ1) is 8.07. The summed E-state index contributed by atoms with van der Waals surface area (Å²) in [5.41, 5.74) is 6.38. The van der Waals surface area contributed by atoms with Crippen molar-refractivity contribution in [2.75, 3.05) is 13.2 Å². The summed E-state index contributed by atoms with van der Waals surface area (Å²) in [6.45, 7) is 5.06.